The predicted molar refractivity (Wildman–Crippen MR) is 97.0 cm³/mol. The zero-order valence-corrected chi connectivity index (χ0v) is 14.4. The highest BCUT2D eigenvalue weighted by Gasteiger charge is 2.23. The van der Waals surface area contributed by atoms with Gasteiger partial charge in [0.1, 0.15) is 12.4 Å². The molecule has 0 aliphatic carbocycles. The van der Waals surface area contributed by atoms with Crippen LogP contribution < -0.4 is 5.32 Å². The SMILES string of the molecule is O=[N+]([O-])c1ccc([C@H]2C=C(c3ccc(Br)cc3)Nc3ncnn32)cc1. The van der Waals surface area contributed by atoms with Gasteiger partial charge in [0.05, 0.1) is 4.92 Å². The number of nitro groups is 1. The molecule has 25 heavy (non-hydrogen) atoms. The summed E-state index contributed by atoms with van der Waals surface area (Å²) in [6, 6.07) is 14.2. The molecule has 0 bridgehead atoms. The molecule has 1 aromatic heterocycles. The molecular formula is C17H12BrN5O2. The Morgan fingerprint density at radius 2 is 1.84 bits per heavy atom. The summed E-state index contributed by atoms with van der Waals surface area (Å²) in [6.45, 7) is 0. The van der Waals surface area contributed by atoms with Crippen molar-refractivity contribution in [2.24, 2.45) is 0 Å². The van der Waals surface area contributed by atoms with Crippen molar-refractivity contribution in [1.29, 1.82) is 0 Å². The molecule has 1 atom stereocenters. The van der Waals surface area contributed by atoms with Crippen LogP contribution in [0.15, 0.2) is 65.4 Å². The monoisotopic (exact) mass is 397 g/mol. The first-order valence-electron chi connectivity index (χ1n) is 7.50. The minimum Gasteiger partial charge on any atom is -0.324 e. The molecule has 0 saturated carbocycles. The molecule has 8 heteroatoms. The molecule has 0 saturated heterocycles. The highest BCUT2D eigenvalue weighted by Crippen LogP contribution is 2.32. The minimum absolute atomic E-state index is 0.0635. The molecule has 0 radical (unpaired) electrons. The number of hydrogen-bond acceptors (Lipinski definition) is 5. The summed E-state index contributed by atoms with van der Waals surface area (Å²) in [5.41, 5.74) is 2.89. The van der Waals surface area contributed by atoms with Crippen LogP contribution in [-0.4, -0.2) is 19.7 Å². The Labute approximate surface area is 151 Å². The lowest BCUT2D eigenvalue weighted by molar-refractivity contribution is -0.384. The van der Waals surface area contributed by atoms with E-state index in [4.69, 9.17) is 0 Å². The van der Waals surface area contributed by atoms with Crippen LogP contribution in [0.2, 0.25) is 0 Å². The number of allylic oxidation sites excluding steroid dienone is 1. The summed E-state index contributed by atoms with van der Waals surface area (Å²) in [5.74, 6) is 0.628. The summed E-state index contributed by atoms with van der Waals surface area (Å²) in [7, 11) is 0. The maximum atomic E-state index is 10.9. The van der Waals surface area contributed by atoms with Crippen molar-refractivity contribution >= 4 is 33.3 Å². The van der Waals surface area contributed by atoms with Gasteiger partial charge in [0, 0.05) is 22.3 Å². The number of fused-ring (bicyclic) bond motifs is 1. The van der Waals surface area contributed by atoms with E-state index in [1.165, 1.54) is 18.5 Å². The van der Waals surface area contributed by atoms with Gasteiger partial charge in [0.15, 0.2) is 0 Å². The first-order chi connectivity index (χ1) is 12.1. The first-order valence-corrected chi connectivity index (χ1v) is 8.30. The Hall–Kier alpha value is -3.00. The maximum Gasteiger partial charge on any atom is 0.269 e. The minimum atomic E-state index is -0.407. The summed E-state index contributed by atoms with van der Waals surface area (Å²) in [5, 5.41) is 18.4. The summed E-state index contributed by atoms with van der Waals surface area (Å²) in [6.07, 6.45) is 3.52. The van der Waals surface area contributed by atoms with Gasteiger partial charge >= 0.3 is 0 Å². The van der Waals surface area contributed by atoms with Crippen LogP contribution in [0.1, 0.15) is 17.2 Å². The van der Waals surface area contributed by atoms with E-state index >= 15 is 0 Å². The Kier molecular flexibility index (Phi) is 3.81. The average molecular weight is 398 g/mol. The molecule has 1 aliphatic rings. The molecule has 7 nitrogen and oxygen atoms in total. The molecule has 0 unspecified atom stereocenters. The topological polar surface area (TPSA) is 85.9 Å². The number of nitrogens with one attached hydrogen (secondary N) is 1. The second-order valence-electron chi connectivity index (χ2n) is 5.53. The average Bonchev–Trinajstić information content (AvgIpc) is 3.10. The van der Waals surface area contributed by atoms with Gasteiger partial charge in [0.2, 0.25) is 5.95 Å². The zero-order valence-electron chi connectivity index (χ0n) is 12.8. The Bertz CT molecular complexity index is 963. The lowest BCUT2D eigenvalue weighted by Crippen LogP contribution is -2.20. The fraction of sp³-hybridized carbons (Fsp3) is 0.0588. The van der Waals surface area contributed by atoms with Crippen LogP contribution in [0.25, 0.3) is 5.70 Å². The molecule has 4 rings (SSSR count). The van der Waals surface area contributed by atoms with Gasteiger partial charge in [-0.15, -0.1) is 0 Å². The van der Waals surface area contributed by atoms with Crippen molar-refractivity contribution in [2.75, 3.05) is 5.32 Å². The number of aromatic nitrogens is 3. The second-order valence-corrected chi connectivity index (χ2v) is 6.45. The Morgan fingerprint density at radius 3 is 2.52 bits per heavy atom. The van der Waals surface area contributed by atoms with Gasteiger partial charge in [-0.2, -0.15) is 10.1 Å². The van der Waals surface area contributed by atoms with Crippen LogP contribution in [0.3, 0.4) is 0 Å². The van der Waals surface area contributed by atoms with Crippen LogP contribution in [-0.2, 0) is 0 Å². The third-order valence-electron chi connectivity index (χ3n) is 4.01. The van der Waals surface area contributed by atoms with Gasteiger partial charge in [-0.25, -0.2) is 4.68 Å². The number of hydrogen-bond donors (Lipinski definition) is 1. The lowest BCUT2D eigenvalue weighted by atomic mass is 10.0. The van der Waals surface area contributed by atoms with Crippen molar-refractivity contribution in [1.82, 2.24) is 14.8 Å². The molecule has 2 aromatic carbocycles. The summed E-state index contributed by atoms with van der Waals surface area (Å²) >= 11 is 3.43. The van der Waals surface area contributed by atoms with Gasteiger partial charge < -0.3 is 5.32 Å². The molecule has 2 heterocycles. The second kappa shape index (κ2) is 6.14. The molecule has 0 amide bonds. The number of benzene rings is 2. The van der Waals surface area contributed by atoms with E-state index in [1.807, 2.05) is 30.3 Å². The third-order valence-corrected chi connectivity index (χ3v) is 4.54. The largest absolute Gasteiger partial charge is 0.324 e. The number of halogens is 1. The standard InChI is InChI=1S/C17H12BrN5O2/c18-13-5-1-11(2-6-13)15-9-16(22-17(21-15)19-10-20-22)12-3-7-14(8-4-12)23(24)25/h1-10,16H,(H,19,20,21)/t16-/m1/s1. The van der Waals surface area contributed by atoms with Crippen LogP contribution in [0.4, 0.5) is 11.6 Å². The van der Waals surface area contributed by atoms with Crippen LogP contribution in [0.5, 0.6) is 0 Å². The highest BCUT2D eigenvalue weighted by molar-refractivity contribution is 9.10. The van der Waals surface area contributed by atoms with Gasteiger partial charge in [0.25, 0.3) is 5.69 Å². The van der Waals surface area contributed by atoms with Crippen molar-refractivity contribution < 1.29 is 4.92 Å². The molecule has 124 valence electrons. The highest BCUT2D eigenvalue weighted by atomic mass is 79.9. The van der Waals surface area contributed by atoms with E-state index in [2.05, 4.69) is 31.3 Å². The number of rotatable bonds is 3. The van der Waals surface area contributed by atoms with Crippen molar-refractivity contribution in [3.63, 3.8) is 0 Å². The Morgan fingerprint density at radius 1 is 1.12 bits per heavy atom. The van der Waals surface area contributed by atoms with E-state index in [9.17, 15) is 10.1 Å². The fourth-order valence-corrected chi connectivity index (χ4v) is 3.03. The summed E-state index contributed by atoms with van der Waals surface area (Å²) in [4.78, 5) is 14.7. The Balaban J connectivity index is 1.76. The molecule has 0 fully saturated rings. The van der Waals surface area contributed by atoms with E-state index in [-0.39, 0.29) is 11.7 Å². The van der Waals surface area contributed by atoms with Gasteiger partial charge in [-0.1, -0.05) is 28.1 Å². The predicted octanol–water partition coefficient (Wildman–Crippen LogP) is 4.00. The van der Waals surface area contributed by atoms with Gasteiger partial charge in [-0.05, 0) is 41.5 Å². The molecule has 3 aromatic rings. The zero-order chi connectivity index (χ0) is 17.4. The van der Waals surface area contributed by atoms with Crippen LogP contribution >= 0.6 is 15.9 Å². The molecule has 1 N–H and O–H groups in total. The number of anilines is 1. The van der Waals surface area contributed by atoms with E-state index in [0.29, 0.717) is 5.95 Å². The van der Waals surface area contributed by atoms with Crippen LogP contribution in [0, 0.1) is 10.1 Å². The number of nitro benzene ring substituents is 1. The third kappa shape index (κ3) is 2.91. The normalized spacial score (nSPS) is 15.9. The van der Waals surface area contributed by atoms with Crippen molar-refractivity contribution in [3.05, 3.63) is 86.6 Å². The van der Waals surface area contributed by atoms with Crippen molar-refractivity contribution in [2.45, 2.75) is 6.04 Å². The van der Waals surface area contributed by atoms with Gasteiger partial charge in [-0.3, -0.25) is 10.1 Å². The molecule has 1 aliphatic heterocycles. The quantitative estimate of drug-likeness (QED) is 0.532. The fourth-order valence-electron chi connectivity index (χ4n) is 2.76. The lowest BCUT2D eigenvalue weighted by Gasteiger charge is -2.24. The molecule has 0 spiro atoms. The number of nitrogens with zero attached hydrogens (tertiary/aromatic N) is 4. The number of non-ortho nitro benzene ring substituents is 1. The first kappa shape index (κ1) is 15.5. The molecular weight excluding hydrogens is 386 g/mol. The smallest absolute Gasteiger partial charge is 0.269 e. The maximum absolute atomic E-state index is 10.9. The van der Waals surface area contributed by atoms with E-state index < -0.39 is 4.92 Å². The van der Waals surface area contributed by atoms with E-state index in [0.717, 1.165) is 21.3 Å². The van der Waals surface area contributed by atoms with E-state index in [1.54, 1.807) is 16.8 Å². The van der Waals surface area contributed by atoms with Crippen molar-refractivity contribution in [3.8, 4) is 0 Å². The summed E-state index contributed by atoms with van der Waals surface area (Å²) < 4.78 is 2.76.